The van der Waals surface area contributed by atoms with Gasteiger partial charge in [-0.25, -0.2) is 4.98 Å². The predicted molar refractivity (Wildman–Crippen MR) is 75.2 cm³/mol. The van der Waals surface area contributed by atoms with E-state index >= 15 is 0 Å². The number of nitrogens with one attached hydrogen (secondary N) is 1. The normalized spacial score (nSPS) is 14.6. The Balaban J connectivity index is 1.80. The lowest BCUT2D eigenvalue weighted by atomic mass is 10.1. The lowest BCUT2D eigenvalue weighted by molar-refractivity contribution is 0.772. The van der Waals surface area contributed by atoms with Gasteiger partial charge < -0.3 is 5.32 Å². The van der Waals surface area contributed by atoms with Crippen LogP contribution >= 0.6 is 11.6 Å². The van der Waals surface area contributed by atoms with Crippen molar-refractivity contribution in [2.45, 2.75) is 25.8 Å². The minimum Gasteiger partial charge on any atom is -0.379 e. The topological polar surface area (TPSA) is 24.9 Å². The molecule has 0 atom stereocenters. The monoisotopic (exact) mass is 258 g/mol. The summed E-state index contributed by atoms with van der Waals surface area (Å²) in [7, 11) is 0. The van der Waals surface area contributed by atoms with Gasteiger partial charge >= 0.3 is 0 Å². The number of aromatic nitrogens is 1. The number of hydrogen-bond acceptors (Lipinski definition) is 2. The summed E-state index contributed by atoms with van der Waals surface area (Å²) >= 11 is 6.15. The fraction of sp³-hybridized carbons (Fsp3) is 0.267. The summed E-state index contributed by atoms with van der Waals surface area (Å²) in [5.41, 5.74) is 4.99. The van der Waals surface area contributed by atoms with Crippen molar-refractivity contribution in [1.29, 1.82) is 0 Å². The number of halogens is 1. The highest BCUT2D eigenvalue weighted by molar-refractivity contribution is 6.32. The summed E-state index contributed by atoms with van der Waals surface area (Å²) < 4.78 is 0. The third-order valence-electron chi connectivity index (χ3n) is 3.51. The van der Waals surface area contributed by atoms with Gasteiger partial charge in [-0.1, -0.05) is 35.9 Å². The van der Waals surface area contributed by atoms with E-state index in [2.05, 4.69) is 41.5 Å². The first-order valence-corrected chi connectivity index (χ1v) is 6.56. The van der Waals surface area contributed by atoms with E-state index in [4.69, 9.17) is 11.6 Å². The number of fused-ring (bicyclic) bond motifs is 1. The van der Waals surface area contributed by atoms with E-state index in [0.29, 0.717) is 11.2 Å². The molecule has 0 saturated heterocycles. The number of anilines is 1. The predicted octanol–water partition coefficient (Wildman–Crippen LogP) is 3.62. The number of hydrogen-bond donors (Lipinski definition) is 1. The van der Waals surface area contributed by atoms with E-state index in [9.17, 15) is 0 Å². The van der Waals surface area contributed by atoms with Crippen LogP contribution in [-0.4, -0.2) is 11.0 Å². The Labute approximate surface area is 112 Å². The molecule has 1 aliphatic carbocycles. The molecule has 0 aliphatic heterocycles. The van der Waals surface area contributed by atoms with Crippen molar-refractivity contribution in [1.82, 2.24) is 4.98 Å². The molecule has 1 aromatic carbocycles. The molecule has 2 nitrogen and oxygen atoms in total. The number of rotatable bonds is 2. The Bertz CT molecular complexity index is 535. The molecule has 0 unspecified atom stereocenters. The van der Waals surface area contributed by atoms with Crippen molar-refractivity contribution >= 4 is 17.3 Å². The van der Waals surface area contributed by atoms with Gasteiger partial charge in [0.2, 0.25) is 0 Å². The van der Waals surface area contributed by atoms with Crippen molar-refractivity contribution in [2.75, 3.05) is 5.32 Å². The summed E-state index contributed by atoms with van der Waals surface area (Å²) in [5, 5.41) is 4.09. The first-order valence-electron chi connectivity index (χ1n) is 6.18. The molecular formula is C15H15ClN2. The third kappa shape index (κ3) is 2.08. The second-order valence-electron chi connectivity index (χ2n) is 4.81. The summed E-state index contributed by atoms with van der Waals surface area (Å²) in [5.74, 6) is 0. The average molecular weight is 259 g/mol. The van der Waals surface area contributed by atoms with Crippen LogP contribution in [0.1, 0.15) is 16.7 Å². The van der Waals surface area contributed by atoms with E-state index < -0.39 is 0 Å². The van der Waals surface area contributed by atoms with Crippen molar-refractivity contribution < 1.29 is 0 Å². The van der Waals surface area contributed by atoms with E-state index in [-0.39, 0.29) is 0 Å². The highest BCUT2D eigenvalue weighted by Crippen LogP contribution is 2.28. The fourth-order valence-electron chi connectivity index (χ4n) is 2.56. The molecule has 1 N–H and O–H groups in total. The molecule has 2 aromatic rings. The molecule has 3 heteroatoms. The van der Waals surface area contributed by atoms with Gasteiger partial charge in [-0.05, 0) is 42.5 Å². The van der Waals surface area contributed by atoms with Crippen LogP contribution in [-0.2, 0) is 12.8 Å². The van der Waals surface area contributed by atoms with Crippen molar-refractivity contribution in [3.63, 3.8) is 0 Å². The minimum absolute atomic E-state index is 0.419. The van der Waals surface area contributed by atoms with Crippen LogP contribution < -0.4 is 5.32 Å². The molecule has 0 amide bonds. The van der Waals surface area contributed by atoms with Crippen LogP contribution in [0, 0.1) is 6.92 Å². The third-order valence-corrected chi connectivity index (χ3v) is 3.80. The molecule has 1 aromatic heterocycles. The van der Waals surface area contributed by atoms with Gasteiger partial charge in [0.1, 0.15) is 0 Å². The Morgan fingerprint density at radius 2 is 1.83 bits per heavy atom. The Hall–Kier alpha value is -1.54. The molecule has 0 radical (unpaired) electrons. The SMILES string of the molecule is Cc1ccnc(Cl)c1NC1Cc2ccccc2C1. The van der Waals surface area contributed by atoms with Crippen molar-refractivity contribution in [3.05, 3.63) is 58.4 Å². The lowest BCUT2D eigenvalue weighted by Gasteiger charge is -2.16. The van der Waals surface area contributed by atoms with Crippen LogP contribution in [0.15, 0.2) is 36.5 Å². The van der Waals surface area contributed by atoms with E-state index in [1.165, 1.54) is 11.1 Å². The molecule has 0 saturated carbocycles. The zero-order valence-electron chi connectivity index (χ0n) is 10.3. The minimum atomic E-state index is 0.419. The molecule has 0 bridgehead atoms. The fourth-order valence-corrected chi connectivity index (χ4v) is 2.82. The van der Waals surface area contributed by atoms with Crippen LogP contribution in [0.4, 0.5) is 5.69 Å². The van der Waals surface area contributed by atoms with Gasteiger partial charge in [-0.15, -0.1) is 0 Å². The summed E-state index contributed by atoms with van der Waals surface area (Å²) in [6.07, 6.45) is 3.86. The van der Waals surface area contributed by atoms with E-state index in [0.717, 1.165) is 24.1 Å². The van der Waals surface area contributed by atoms with Gasteiger partial charge in [-0.2, -0.15) is 0 Å². The zero-order chi connectivity index (χ0) is 12.5. The first-order chi connectivity index (χ1) is 8.74. The second-order valence-corrected chi connectivity index (χ2v) is 5.17. The Morgan fingerprint density at radius 1 is 1.17 bits per heavy atom. The Kier molecular flexibility index (Phi) is 2.96. The number of nitrogens with zero attached hydrogens (tertiary/aromatic N) is 1. The van der Waals surface area contributed by atoms with Crippen molar-refractivity contribution in [2.24, 2.45) is 0 Å². The molecule has 18 heavy (non-hydrogen) atoms. The van der Waals surface area contributed by atoms with Crippen LogP contribution in [0.2, 0.25) is 5.15 Å². The Morgan fingerprint density at radius 3 is 2.44 bits per heavy atom. The molecular weight excluding hydrogens is 244 g/mol. The highest BCUT2D eigenvalue weighted by atomic mass is 35.5. The number of aryl methyl sites for hydroxylation is 1. The molecule has 1 aliphatic rings. The second kappa shape index (κ2) is 4.62. The van der Waals surface area contributed by atoms with Gasteiger partial charge in [0.15, 0.2) is 5.15 Å². The van der Waals surface area contributed by atoms with E-state index in [1.807, 2.05) is 6.07 Å². The van der Waals surface area contributed by atoms with Gasteiger partial charge in [0.25, 0.3) is 0 Å². The summed E-state index contributed by atoms with van der Waals surface area (Å²) in [6.45, 7) is 2.05. The number of pyridine rings is 1. The first kappa shape index (κ1) is 11.5. The molecule has 92 valence electrons. The maximum Gasteiger partial charge on any atom is 0.152 e. The smallest absolute Gasteiger partial charge is 0.152 e. The molecule has 1 heterocycles. The van der Waals surface area contributed by atoms with Crippen molar-refractivity contribution in [3.8, 4) is 0 Å². The van der Waals surface area contributed by atoms with Gasteiger partial charge in [0, 0.05) is 12.2 Å². The van der Waals surface area contributed by atoms with Crippen LogP contribution in [0.5, 0.6) is 0 Å². The van der Waals surface area contributed by atoms with Crippen LogP contribution in [0.3, 0.4) is 0 Å². The lowest BCUT2D eigenvalue weighted by Crippen LogP contribution is -2.20. The van der Waals surface area contributed by atoms with E-state index in [1.54, 1.807) is 6.20 Å². The summed E-state index contributed by atoms with van der Waals surface area (Å²) in [4.78, 5) is 4.13. The standard InChI is InChI=1S/C15H15ClN2/c1-10-6-7-17-15(16)14(10)18-13-8-11-4-2-3-5-12(11)9-13/h2-7,13,18H,8-9H2,1H3. The summed E-state index contributed by atoms with van der Waals surface area (Å²) in [6, 6.07) is 11.0. The largest absolute Gasteiger partial charge is 0.379 e. The molecule has 0 spiro atoms. The highest BCUT2D eigenvalue weighted by Gasteiger charge is 2.21. The van der Waals surface area contributed by atoms with Gasteiger partial charge in [-0.3, -0.25) is 0 Å². The maximum absolute atomic E-state index is 6.15. The van der Waals surface area contributed by atoms with Gasteiger partial charge in [0.05, 0.1) is 5.69 Å². The van der Waals surface area contributed by atoms with Crippen LogP contribution in [0.25, 0.3) is 0 Å². The average Bonchev–Trinajstić information content (AvgIpc) is 2.76. The molecule has 3 rings (SSSR count). The molecule has 0 fully saturated rings. The zero-order valence-corrected chi connectivity index (χ0v) is 11.0. The maximum atomic E-state index is 6.15. The quantitative estimate of drug-likeness (QED) is 0.833. The number of benzene rings is 1.